The topological polar surface area (TPSA) is 36.9 Å². The molecule has 0 radical (unpaired) electrons. The van der Waals surface area contributed by atoms with E-state index in [1.54, 1.807) is 40.6 Å². The van der Waals surface area contributed by atoms with Crippen LogP contribution in [0.1, 0.15) is 11.1 Å². The second-order valence-electron chi connectivity index (χ2n) is 6.50. The summed E-state index contributed by atoms with van der Waals surface area (Å²) >= 11 is 0. The van der Waals surface area contributed by atoms with Gasteiger partial charge in [0, 0.05) is 39.6 Å². The minimum Gasteiger partial charge on any atom is -0.346 e. The van der Waals surface area contributed by atoms with Crippen molar-refractivity contribution >= 4 is 0 Å². The monoisotopic (exact) mass is 400 g/mol. The van der Waals surface area contributed by atoms with Crippen molar-refractivity contribution in [1.29, 1.82) is 0 Å². The van der Waals surface area contributed by atoms with E-state index < -0.39 is 11.6 Å². The van der Waals surface area contributed by atoms with Crippen LogP contribution in [-0.2, 0) is 18.9 Å². The number of hydrogen-bond acceptors (Lipinski definition) is 4. The number of benzene rings is 2. The summed E-state index contributed by atoms with van der Waals surface area (Å²) in [4.78, 5) is 0. The van der Waals surface area contributed by atoms with E-state index in [4.69, 9.17) is 18.9 Å². The summed E-state index contributed by atoms with van der Waals surface area (Å²) in [6.45, 7) is 0. The highest BCUT2D eigenvalue weighted by Gasteiger charge is 2.45. The molecule has 1 aliphatic carbocycles. The van der Waals surface area contributed by atoms with Crippen molar-refractivity contribution in [1.82, 2.24) is 0 Å². The average molecular weight is 400 g/mol. The second-order valence-corrected chi connectivity index (χ2v) is 6.50. The molecule has 0 fully saturated rings. The Kier molecular flexibility index (Phi) is 6.90. The van der Waals surface area contributed by atoms with Gasteiger partial charge < -0.3 is 18.9 Å². The number of hydrogen-bond donors (Lipinski definition) is 0. The Morgan fingerprint density at radius 3 is 1.13 bits per heavy atom. The normalized spacial score (nSPS) is 16.3. The van der Waals surface area contributed by atoms with Crippen LogP contribution in [0.5, 0.6) is 0 Å². The van der Waals surface area contributed by atoms with Crippen molar-refractivity contribution in [2.75, 3.05) is 28.4 Å². The summed E-state index contributed by atoms with van der Waals surface area (Å²) in [6.07, 6.45) is 3.51. The Balaban J connectivity index is 2.11. The van der Waals surface area contributed by atoms with Crippen molar-refractivity contribution in [2.24, 2.45) is 0 Å². The maximum absolute atomic E-state index is 5.75. The Morgan fingerprint density at radius 1 is 0.500 bits per heavy atom. The first-order valence-corrected chi connectivity index (χ1v) is 9.43. The molecule has 0 saturated carbocycles. The van der Waals surface area contributed by atoms with Crippen molar-refractivity contribution in [2.45, 2.75) is 11.6 Å². The van der Waals surface area contributed by atoms with Crippen molar-refractivity contribution in [3.63, 3.8) is 0 Å². The van der Waals surface area contributed by atoms with E-state index in [9.17, 15) is 0 Å². The van der Waals surface area contributed by atoms with E-state index in [1.165, 1.54) is 0 Å². The molecule has 0 atom stereocenters. The first-order valence-electron chi connectivity index (χ1n) is 9.43. The maximum atomic E-state index is 5.75. The molecule has 4 nitrogen and oxygen atoms in total. The van der Waals surface area contributed by atoms with Crippen LogP contribution in [0.15, 0.2) is 84.0 Å². The summed E-state index contributed by atoms with van der Waals surface area (Å²) in [7, 11) is 6.25. The standard InChI is InChI=1S/C26H24O4/c1-27-25(28-2)19-24(18-16-22-13-9-6-10-14-22)26(29-3,30-4)20-23(25)17-15-21-11-7-5-8-12-21/h5-14,19-20H,1-4H3. The predicted molar refractivity (Wildman–Crippen MR) is 116 cm³/mol. The lowest BCUT2D eigenvalue weighted by Gasteiger charge is -2.38. The first kappa shape index (κ1) is 21.6. The second kappa shape index (κ2) is 9.59. The summed E-state index contributed by atoms with van der Waals surface area (Å²) < 4.78 is 23.0. The molecule has 0 heterocycles. The molecule has 152 valence electrons. The zero-order valence-electron chi connectivity index (χ0n) is 17.6. The minimum absolute atomic E-state index is 0.560. The molecule has 3 rings (SSSR count). The Bertz CT molecular complexity index is 949. The fourth-order valence-electron chi connectivity index (χ4n) is 3.15. The smallest absolute Gasteiger partial charge is 0.223 e. The first-order chi connectivity index (χ1) is 14.6. The van der Waals surface area contributed by atoms with Crippen molar-refractivity contribution < 1.29 is 18.9 Å². The van der Waals surface area contributed by atoms with Gasteiger partial charge in [-0.05, 0) is 36.4 Å². The van der Waals surface area contributed by atoms with Gasteiger partial charge in [-0.15, -0.1) is 0 Å². The fraction of sp³-hybridized carbons (Fsp3) is 0.231. The van der Waals surface area contributed by atoms with Crippen LogP contribution in [0.4, 0.5) is 0 Å². The molecular formula is C26H24O4. The van der Waals surface area contributed by atoms with Crippen LogP contribution in [0.25, 0.3) is 0 Å². The van der Waals surface area contributed by atoms with Gasteiger partial charge in [-0.1, -0.05) is 60.1 Å². The molecule has 0 unspecified atom stereocenters. The highest BCUT2D eigenvalue weighted by Crippen LogP contribution is 2.38. The summed E-state index contributed by atoms with van der Waals surface area (Å²) in [5.74, 6) is 10.2. The van der Waals surface area contributed by atoms with E-state index in [0.29, 0.717) is 11.1 Å². The van der Waals surface area contributed by atoms with Gasteiger partial charge >= 0.3 is 0 Å². The van der Waals surface area contributed by atoms with Gasteiger partial charge in [0.05, 0.1) is 11.1 Å². The molecular weight excluding hydrogens is 376 g/mol. The summed E-state index contributed by atoms with van der Waals surface area (Å²) in [5.41, 5.74) is 2.87. The minimum atomic E-state index is -1.21. The third kappa shape index (κ3) is 4.39. The molecule has 2 aromatic carbocycles. The molecule has 30 heavy (non-hydrogen) atoms. The quantitative estimate of drug-likeness (QED) is 0.576. The molecule has 1 aliphatic rings. The van der Waals surface area contributed by atoms with E-state index in [-0.39, 0.29) is 0 Å². The number of ether oxygens (including phenoxy) is 4. The molecule has 0 amide bonds. The number of rotatable bonds is 4. The molecule has 0 aliphatic heterocycles. The van der Waals surface area contributed by atoms with Crippen molar-refractivity contribution in [3.05, 3.63) is 95.1 Å². The molecule has 2 aromatic rings. The fourth-order valence-corrected chi connectivity index (χ4v) is 3.15. The molecule has 0 bridgehead atoms. The molecule has 0 aromatic heterocycles. The molecule has 0 N–H and O–H groups in total. The van der Waals surface area contributed by atoms with Crippen LogP contribution in [0.3, 0.4) is 0 Å². The van der Waals surface area contributed by atoms with Gasteiger partial charge in [-0.3, -0.25) is 0 Å². The average Bonchev–Trinajstić information content (AvgIpc) is 2.82. The van der Waals surface area contributed by atoms with Crippen LogP contribution >= 0.6 is 0 Å². The highest BCUT2D eigenvalue weighted by atomic mass is 16.7. The zero-order valence-corrected chi connectivity index (χ0v) is 17.6. The SMILES string of the molecule is COC1(OC)C=C(C#Cc2ccccc2)C(OC)(OC)C=C1C#Cc1ccccc1. The van der Waals surface area contributed by atoms with E-state index in [0.717, 1.165) is 11.1 Å². The van der Waals surface area contributed by atoms with Crippen LogP contribution in [-0.4, -0.2) is 40.0 Å². The van der Waals surface area contributed by atoms with E-state index in [1.807, 2.05) is 60.7 Å². The largest absolute Gasteiger partial charge is 0.346 e. The number of methoxy groups -OCH3 is 4. The molecule has 4 heteroatoms. The van der Waals surface area contributed by atoms with E-state index >= 15 is 0 Å². The van der Waals surface area contributed by atoms with Crippen LogP contribution in [0, 0.1) is 23.7 Å². The van der Waals surface area contributed by atoms with Gasteiger partial charge in [-0.25, -0.2) is 0 Å². The highest BCUT2D eigenvalue weighted by molar-refractivity contribution is 5.56. The van der Waals surface area contributed by atoms with Crippen molar-refractivity contribution in [3.8, 4) is 23.7 Å². The van der Waals surface area contributed by atoms with E-state index in [2.05, 4.69) is 23.7 Å². The molecule has 0 spiro atoms. The summed E-state index contributed by atoms with van der Waals surface area (Å²) in [5, 5.41) is 0. The predicted octanol–water partition coefficient (Wildman–Crippen LogP) is 3.93. The lowest BCUT2D eigenvalue weighted by Crippen LogP contribution is -2.44. The van der Waals surface area contributed by atoms with Crippen LogP contribution in [0.2, 0.25) is 0 Å². The third-order valence-electron chi connectivity index (χ3n) is 4.86. The van der Waals surface area contributed by atoms with Gasteiger partial charge in [0.1, 0.15) is 0 Å². The van der Waals surface area contributed by atoms with Gasteiger partial charge in [0.15, 0.2) is 0 Å². The zero-order chi connectivity index (χ0) is 21.5. The molecule has 0 saturated heterocycles. The summed E-state index contributed by atoms with van der Waals surface area (Å²) in [6, 6.07) is 19.4. The maximum Gasteiger partial charge on any atom is 0.223 e. The lowest BCUT2D eigenvalue weighted by atomic mass is 9.88. The Hall–Kier alpha value is -3.12. The van der Waals surface area contributed by atoms with Gasteiger partial charge in [-0.2, -0.15) is 0 Å². The van der Waals surface area contributed by atoms with Crippen LogP contribution < -0.4 is 0 Å². The Morgan fingerprint density at radius 2 is 0.833 bits per heavy atom. The van der Waals surface area contributed by atoms with Gasteiger partial charge in [0.25, 0.3) is 0 Å². The van der Waals surface area contributed by atoms with Gasteiger partial charge in [0.2, 0.25) is 11.6 Å². The third-order valence-corrected chi connectivity index (χ3v) is 4.86. The Labute approximate surface area is 178 Å². The lowest BCUT2D eigenvalue weighted by molar-refractivity contribution is -0.167.